The van der Waals surface area contributed by atoms with Crippen molar-refractivity contribution in [2.24, 2.45) is 0 Å². The summed E-state index contributed by atoms with van der Waals surface area (Å²) in [7, 11) is 1.49. The van der Waals surface area contributed by atoms with E-state index in [2.05, 4.69) is 15.7 Å². The van der Waals surface area contributed by atoms with Crippen LogP contribution in [0.4, 0.5) is 13.2 Å². The molecule has 7 nitrogen and oxygen atoms in total. The summed E-state index contributed by atoms with van der Waals surface area (Å²) in [6.45, 7) is 0. The Labute approximate surface area is 190 Å². The van der Waals surface area contributed by atoms with E-state index in [1.165, 1.54) is 18.9 Å². The predicted molar refractivity (Wildman–Crippen MR) is 117 cm³/mol. The molecule has 2 N–H and O–H groups in total. The number of nitrogens with one attached hydrogen (secondary N) is 2. The highest BCUT2D eigenvalue weighted by Gasteiger charge is 2.58. The molecule has 1 aromatic heterocycles. The number of carbonyl (C=O) groups excluding carboxylic acids is 1. The van der Waals surface area contributed by atoms with Crippen LogP contribution < -0.4 is 15.5 Å². The summed E-state index contributed by atoms with van der Waals surface area (Å²) in [5.74, 6) is -1.24. The summed E-state index contributed by atoms with van der Waals surface area (Å²) in [6, 6.07) is 11.5. The monoisotopic (exact) mass is 476 g/mol. The van der Waals surface area contributed by atoms with Crippen LogP contribution in [0.5, 0.6) is 5.75 Å². The largest absolute Gasteiger partial charge is 0.494 e. The quantitative estimate of drug-likeness (QED) is 0.592. The minimum Gasteiger partial charge on any atom is -0.494 e. The zero-order valence-corrected chi connectivity index (χ0v) is 18.3. The lowest BCUT2D eigenvalue weighted by atomic mass is 9.89. The normalized spacial score (nSPS) is 23.1. The maximum atomic E-state index is 14.0. The van der Waals surface area contributed by atoms with Crippen LogP contribution in [-0.2, 0) is 4.79 Å². The second-order valence-corrected chi connectivity index (χ2v) is 8.40. The van der Waals surface area contributed by atoms with E-state index in [-0.39, 0.29) is 11.5 Å². The van der Waals surface area contributed by atoms with Crippen LogP contribution in [0.15, 0.2) is 58.0 Å². The zero-order chi connectivity index (χ0) is 23.3. The van der Waals surface area contributed by atoms with E-state index in [9.17, 15) is 18.0 Å². The number of carbonyl (C=O) groups is 1. The van der Waals surface area contributed by atoms with Crippen LogP contribution in [0.3, 0.4) is 0 Å². The van der Waals surface area contributed by atoms with Crippen molar-refractivity contribution in [3.05, 3.63) is 65.0 Å². The third kappa shape index (κ3) is 3.51. The number of benzene rings is 2. The van der Waals surface area contributed by atoms with Crippen LogP contribution >= 0.6 is 11.8 Å². The molecule has 1 fully saturated rings. The molecular weight excluding hydrogens is 457 g/mol. The Morgan fingerprint density at radius 3 is 2.58 bits per heavy atom. The summed E-state index contributed by atoms with van der Waals surface area (Å²) in [6.07, 6.45) is -3.79. The summed E-state index contributed by atoms with van der Waals surface area (Å²) < 4.78 is 53.1. The van der Waals surface area contributed by atoms with E-state index in [1.807, 2.05) is 0 Å². The number of fused-ring (bicyclic) bond motifs is 2. The molecule has 1 amide bonds. The predicted octanol–water partition coefficient (Wildman–Crippen LogP) is 3.86. The van der Waals surface area contributed by atoms with Gasteiger partial charge in [0.05, 0.1) is 18.1 Å². The van der Waals surface area contributed by atoms with Crippen molar-refractivity contribution < 1.29 is 27.1 Å². The molecule has 3 heterocycles. The van der Waals surface area contributed by atoms with E-state index in [1.54, 1.807) is 54.8 Å². The molecule has 3 unspecified atom stereocenters. The number of para-hydroxylation sites is 1. The molecule has 0 aliphatic carbocycles. The molecule has 5 rings (SSSR count). The van der Waals surface area contributed by atoms with Crippen molar-refractivity contribution in [3.8, 4) is 5.75 Å². The lowest BCUT2D eigenvalue weighted by Crippen LogP contribution is -2.54. The van der Waals surface area contributed by atoms with Crippen molar-refractivity contribution in [1.82, 2.24) is 20.7 Å². The molecule has 3 aromatic rings. The van der Waals surface area contributed by atoms with Crippen LogP contribution in [-0.4, -0.2) is 47.6 Å². The van der Waals surface area contributed by atoms with Crippen molar-refractivity contribution in [2.45, 2.75) is 24.3 Å². The first kappa shape index (κ1) is 21.7. The van der Waals surface area contributed by atoms with Crippen molar-refractivity contribution >= 4 is 34.3 Å². The fourth-order valence-corrected chi connectivity index (χ4v) is 4.91. The van der Waals surface area contributed by atoms with Crippen LogP contribution in [0.2, 0.25) is 0 Å². The molecule has 172 valence electrons. The highest BCUT2D eigenvalue weighted by atomic mass is 32.2. The smallest absolute Gasteiger partial charge is 0.406 e. The number of hydrogen-bond donors (Lipinski definition) is 2. The molecule has 11 heteroatoms. The molecule has 0 spiro atoms. The van der Waals surface area contributed by atoms with E-state index >= 15 is 0 Å². The van der Waals surface area contributed by atoms with Crippen LogP contribution in [0, 0.1) is 0 Å². The van der Waals surface area contributed by atoms with E-state index in [4.69, 9.17) is 9.15 Å². The fourth-order valence-electron chi connectivity index (χ4n) is 4.29. The topological polar surface area (TPSA) is 79.6 Å². The molecule has 0 saturated carbocycles. The van der Waals surface area contributed by atoms with Crippen molar-refractivity contribution in [1.29, 1.82) is 0 Å². The first-order chi connectivity index (χ1) is 15.8. The minimum absolute atomic E-state index is 0.00307. The Balaban J connectivity index is 1.61. The van der Waals surface area contributed by atoms with Gasteiger partial charge in [0.1, 0.15) is 23.5 Å². The standard InChI is InChI=1S/C22H19F3N4O3S/c1-31-12-9-6-10-13-16(12)26-19(32-13)15-20(33-2)27-18-14(11-7-4-3-5-8-11)17(22(23,24)25)28-29(18)21(15)30/h3-10,14,17-18,27-28H,1-2H3. The Kier molecular flexibility index (Phi) is 5.25. The molecule has 2 aliphatic rings. The Bertz CT molecular complexity index is 1240. The van der Waals surface area contributed by atoms with Gasteiger partial charge in [0, 0.05) is 0 Å². The third-order valence-electron chi connectivity index (χ3n) is 5.75. The average molecular weight is 476 g/mol. The summed E-state index contributed by atoms with van der Waals surface area (Å²) in [5, 5.41) is 4.51. The minimum atomic E-state index is -4.58. The lowest BCUT2D eigenvalue weighted by Gasteiger charge is -2.34. The number of alkyl halides is 3. The van der Waals surface area contributed by atoms with Gasteiger partial charge in [-0.05, 0) is 24.0 Å². The summed E-state index contributed by atoms with van der Waals surface area (Å²) in [4.78, 5) is 17.9. The third-order valence-corrected chi connectivity index (χ3v) is 6.48. The van der Waals surface area contributed by atoms with Crippen molar-refractivity contribution in [3.63, 3.8) is 0 Å². The number of methoxy groups -OCH3 is 1. The van der Waals surface area contributed by atoms with E-state index in [0.29, 0.717) is 27.4 Å². The number of aromatic nitrogens is 1. The second-order valence-electron chi connectivity index (χ2n) is 7.58. The first-order valence-corrected chi connectivity index (χ1v) is 11.3. The van der Waals surface area contributed by atoms with Gasteiger partial charge in [-0.15, -0.1) is 11.8 Å². The van der Waals surface area contributed by atoms with Gasteiger partial charge in [0.2, 0.25) is 5.89 Å². The van der Waals surface area contributed by atoms with E-state index < -0.39 is 30.2 Å². The summed E-state index contributed by atoms with van der Waals surface area (Å²) in [5.41, 5.74) is 3.73. The van der Waals surface area contributed by atoms with Gasteiger partial charge in [-0.25, -0.2) is 15.4 Å². The Morgan fingerprint density at radius 2 is 1.91 bits per heavy atom. The molecule has 2 aromatic carbocycles. The number of hydrazine groups is 1. The molecule has 3 atom stereocenters. The van der Waals surface area contributed by atoms with Crippen LogP contribution in [0.25, 0.3) is 16.7 Å². The number of thioether (sulfide) groups is 1. The first-order valence-electron chi connectivity index (χ1n) is 10.0. The Morgan fingerprint density at radius 1 is 1.15 bits per heavy atom. The second kappa shape index (κ2) is 7.99. The van der Waals surface area contributed by atoms with Gasteiger partial charge in [-0.2, -0.15) is 13.2 Å². The average Bonchev–Trinajstić information content (AvgIpc) is 3.41. The zero-order valence-electron chi connectivity index (χ0n) is 17.5. The highest BCUT2D eigenvalue weighted by Crippen LogP contribution is 2.44. The number of oxazole rings is 1. The molecule has 0 radical (unpaired) electrons. The maximum absolute atomic E-state index is 14.0. The number of rotatable bonds is 4. The van der Waals surface area contributed by atoms with Gasteiger partial charge in [-0.3, -0.25) is 4.79 Å². The maximum Gasteiger partial charge on any atom is 0.406 e. The molecule has 2 aliphatic heterocycles. The number of hydrogen-bond acceptors (Lipinski definition) is 7. The SMILES string of the molecule is COc1cccc2oc(C3=C(SC)NC4C(c5ccccc5)C(C(F)(F)F)NN4C3=O)nc12. The van der Waals surface area contributed by atoms with E-state index in [0.717, 1.165) is 5.01 Å². The number of amides is 1. The number of halogens is 3. The van der Waals surface area contributed by atoms with Gasteiger partial charge in [-0.1, -0.05) is 36.4 Å². The highest BCUT2D eigenvalue weighted by molar-refractivity contribution is 8.02. The number of ether oxygens (including phenoxy) is 1. The van der Waals surface area contributed by atoms with Gasteiger partial charge in [0.15, 0.2) is 11.1 Å². The molecule has 0 bridgehead atoms. The molecular formula is C22H19F3N4O3S. The van der Waals surface area contributed by atoms with Gasteiger partial charge in [0.25, 0.3) is 5.91 Å². The van der Waals surface area contributed by atoms with Crippen LogP contribution in [0.1, 0.15) is 17.4 Å². The molecule has 1 saturated heterocycles. The lowest BCUT2D eigenvalue weighted by molar-refractivity contribution is -0.161. The molecule has 33 heavy (non-hydrogen) atoms. The number of nitrogens with zero attached hydrogens (tertiary/aromatic N) is 2. The fraction of sp³-hybridized carbons (Fsp3) is 0.273. The van der Waals surface area contributed by atoms with Crippen molar-refractivity contribution in [2.75, 3.05) is 13.4 Å². The summed E-state index contributed by atoms with van der Waals surface area (Å²) >= 11 is 1.21. The van der Waals surface area contributed by atoms with Gasteiger partial charge < -0.3 is 14.5 Å². The van der Waals surface area contributed by atoms with Gasteiger partial charge >= 0.3 is 6.18 Å². The Hall–Kier alpha value is -3.18.